The quantitative estimate of drug-likeness (QED) is 0.910. The second-order valence-corrected chi connectivity index (χ2v) is 6.72. The SMILES string of the molecule is CC1(C)Oc2ccc(C#N)cc2[C@@H](N2CCCC2=O)[C@@H]1OCCO. The predicted octanol–water partition coefficient (Wildman–Crippen LogP) is 1.77. The first-order valence-electron chi connectivity index (χ1n) is 8.23. The van der Waals surface area contributed by atoms with Crippen molar-refractivity contribution in [2.75, 3.05) is 19.8 Å². The van der Waals surface area contributed by atoms with Gasteiger partial charge in [-0.25, -0.2) is 0 Å². The monoisotopic (exact) mass is 330 g/mol. The van der Waals surface area contributed by atoms with Crippen molar-refractivity contribution in [3.05, 3.63) is 29.3 Å². The molecular formula is C18H22N2O4. The van der Waals surface area contributed by atoms with Gasteiger partial charge >= 0.3 is 0 Å². The summed E-state index contributed by atoms with van der Waals surface area (Å²) in [6.07, 6.45) is 0.919. The van der Waals surface area contributed by atoms with Gasteiger partial charge in [0.05, 0.1) is 30.9 Å². The number of amides is 1. The molecule has 1 aromatic rings. The molecule has 6 nitrogen and oxygen atoms in total. The summed E-state index contributed by atoms with van der Waals surface area (Å²) in [5, 5.41) is 18.4. The van der Waals surface area contributed by atoms with E-state index >= 15 is 0 Å². The maximum Gasteiger partial charge on any atom is 0.223 e. The van der Waals surface area contributed by atoms with Crippen LogP contribution in [0.4, 0.5) is 0 Å². The van der Waals surface area contributed by atoms with Gasteiger partial charge in [-0.2, -0.15) is 5.26 Å². The number of rotatable bonds is 4. The lowest BCUT2D eigenvalue weighted by molar-refractivity contribution is -0.150. The van der Waals surface area contributed by atoms with Gasteiger partial charge in [0, 0.05) is 18.5 Å². The third-order valence-corrected chi connectivity index (χ3v) is 4.64. The Balaban J connectivity index is 2.10. The molecule has 0 spiro atoms. The first-order chi connectivity index (χ1) is 11.5. The molecule has 6 heteroatoms. The third kappa shape index (κ3) is 2.85. The minimum atomic E-state index is -0.663. The van der Waals surface area contributed by atoms with Crippen molar-refractivity contribution in [2.24, 2.45) is 0 Å². The van der Waals surface area contributed by atoms with Gasteiger partial charge in [0.25, 0.3) is 0 Å². The normalized spacial score (nSPS) is 25.1. The summed E-state index contributed by atoms with van der Waals surface area (Å²) in [4.78, 5) is 14.2. The lowest BCUT2D eigenvalue weighted by atomic mass is 9.84. The van der Waals surface area contributed by atoms with Gasteiger partial charge in [-0.3, -0.25) is 4.79 Å². The molecule has 3 rings (SSSR count). The molecule has 2 atom stereocenters. The van der Waals surface area contributed by atoms with Gasteiger partial charge < -0.3 is 19.5 Å². The van der Waals surface area contributed by atoms with E-state index in [9.17, 15) is 10.1 Å². The Morgan fingerprint density at radius 2 is 2.29 bits per heavy atom. The van der Waals surface area contributed by atoms with Crippen molar-refractivity contribution in [1.82, 2.24) is 4.90 Å². The van der Waals surface area contributed by atoms with Gasteiger partial charge in [0.2, 0.25) is 5.91 Å². The Hall–Kier alpha value is -2.10. The molecule has 0 aliphatic carbocycles. The van der Waals surface area contributed by atoms with Crippen LogP contribution in [0.1, 0.15) is 43.9 Å². The van der Waals surface area contributed by atoms with Crippen molar-refractivity contribution in [2.45, 2.75) is 44.4 Å². The molecular weight excluding hydrogens is 308 g/mol. The Kier molecular flexibility index (Phi) is 4.48. The van der Waals surface area contributed by atoms with Crippen LogP contribution >= 0.6 is 0 Å². The molecule has 1 amide bonds. The fraction of sp³-hybridized carbons (Fsp3) is 0.556. The number of fused-ring (bicyclic) bond motifs is 1. The van der Waals surface area contributed by atoms with Crippen LogP contribution in [0.3, 0.4) is 0 Å². The van der Waals surface area contributed by atoms with E-state index in [1.165, 1.54) is 0 Å². The Labute approximate surface area is 141 Å². The van der Waals surface area contributed by atoms with Crippen LogP contribution in [-0.2, 0) is 9.53 Å². The first kappa shape index (κ1) is 16.7. The van der Waals surface area contributed by atoms with Crippen molar-refractivity contribution < 1.29 is 19.4 Å². The summed E-state index contributed by atoms with van der Waals surface area (Å²) in [5.74, 6) is 0.760. The first-order valence-corrected chi connectivity index (χ1v) is 8.23. The second kappa shape index (κ2) is 6.42. The van der Waals surface area contributed by atoms with E-state index in [1.54, 1.807) is 18.2 Å². The van der Waals surface area contributed by atoms with Crippen LogP contribution in [0, 0.1) is 11.3 Å². The van der Waals surface area contributed by atoms with Crippen LogP contribution in [0.15, 0.2) is 18.2 Å². The maximum absolute atomic E-state index is 12.4. The van der Waals surface area contributed by atoms with Crippen LogP contribution < -0.4 is 4.74 Å². The number of nitriles is 1. The predicted molar refractivity (Wildman–Crippen MR) is 86.4 cm³/mol. The second-order valence-electron chi connectivity index (χ2n) is 6.72. The molecule has 0 aromatic heterocycles. The van der Waals surface area contributed by atoms with Crippen molar-refractivity contribution in [3.63, 3.8) is 0 Å². The molecule has 2 aliphatic rings. The van der Waals surface area contributed by atoms with E-state index in [2.05, 4.69) is 6.07 Å². The molecule has 0 bridgehead atoms. The van der Waals surface area contributed by atoms with Gasteiger partial charge in [-0.15, -0.1) is 0 Å². The molecule has 0 unspecified atom stereocenters. The number of carbonyl (C=O) groups is 1. The minimum absolute atomic E-state index is 0.0867. The summed E-state index contributed by atoms with van der Waals surface area (Å²) < 4.78 is 12.0. The number of ether oxygens (including phenoxy) is 2. The topological polar surface area (TPSA) is 82.8 Å². The third-order valence-electron chi connectivity index (χ3n) is 4.64. The zero-order valence-electron chi connectivity index (χ0n) is 14.0. The summed E-state index contributed by atoms with van der Waals surface area (Å²) in [6, 6.07) is 7.09. The van der Waals surface area contributed by atoms with Gasteiger partial charge in [0.1, 0.15) is 17.5 Å². The molecule has 128 valence electrons. The highest BCUT2D eigenvalue weighted by Gasteiger charge is 2.49. The van der Waals surface area contributed by atoms with Crippen LogP contribution in [0.2, 0.25) is 0 Å². The molecule has 0 saturated carbocycles. The van der Waals surface area contributed by atoms with E-state index in [4.69, 9.17) is 14.6 Å². The van der Waals surface area contributed by atoms with Gasteiger partial charge in [-0.1, -0.05) is 0 Å². The van der Waals surface area contributed by atoms with E-state index in [1.807, 2.05) is 18.7 Å². The fourth-order valence-electron chi connectivity index (χ4n) is 3.59. The summed E-state index contributed by atoms with van der Waals surface area (Å²) in [6.45, 7) is 4.57. The Morgan fingerprint density at radius 3 is 2.92 bits per heavy atom. The lowest BCUT2D eigenvalue weighted by Gasteiger charge is -2.47. The van der Waals surface area contributed by atoms with E-state index in [0.717, 1.165) is 12.0 Å². The van der Waals surface area contributed by atoms with Gasteiger partial charge in [-0.05, 0) is 38.5 Å². The number of nitrogens with zero attached hydrogens (tertiary/aromatic N) is 2. The highest BCUT2D eigenvalue weighted by Crippen LogP contribution is 2.45. The van der Waals surface area contributed by atoms with Crippen molar-refractivity contribution in [1.29, 1.82) is 5.26 Å². The minimum Gasteiger partial charge on any atom is -0.485 e. The van der Waals surface area contributed by atoms with E-state index in [0.29, 0.717) is 24.3 Å². The molecule has 0 radical (unpaired) electrons. The van der Waals surface area contributed by atoms with Crippen LogP contribution in [-0.4, -0.2) is 47.4 Å². The zero-order valence-corrected chi connectivity index (χ0v) is 14.0. The maximum atomic E-state index is 12.4. The molecule has 1 aromatic carbocycles. The molecule has 1 N–H and O–H groups in total. The number of benzene rings is 1. The van der Waals surface area contributed by atoms with E-state index in [-0.39, 0.29) is 25.2 Å². The van der Waals surface area contributed by atoms with Crippen molar-refractivity contribution >= 4 is 5.91 Å². The van der Waals surface area contributed by atoms with Crippen LogP contribution in [0.5, 0.6) is 5.75 Å². The standard InChI is InChI=1S/C18H22N2O4/c1-18(2)17(23-9-8-21)16(20-7-3-4-15(20)22)13-10-12(11-19)5-6-14(13)24-18/h5-6,10,16-17,21H,3-4,7-9H2,1-2H3/t16-,17+/m1/s1. The van der Waals surface area contributed by atoms with Crippen LogP contribution in [0.25, 0.3) is 0 Å². The summed E-state index contributed by atoms with van der Waals surface area (Å²) >= 11 is 0. The highest BCUT2D eigenvalue weighted by atomic mass is 16.6. The number of likely N-dealkylation sites (tertiary alicyclic amines) is 1. The molecule has 24 heavy (non-hydrogen) atoms. The van der Waals surface area contributed by atoms with Crippen molar-refractivity contribution in [3.8, 4) is 11.8 Å². The lowest BCUT2D eigenvalue weighted by Crippen LogP contribution is -2.55. The Bertz CT molecular complexity index is 680. The molecule has 2 heterocycles. The number of carbonyl (C=O) groups excluding carboxylic acids is 1. The van der Waals surface area contributed by atoms with E-state index < -0.39 is 11.7 Å². The zero-order chi connectivity index (χ0) is 17.3. The number of aliphatic hydroxyl groups excluding tert-OH is 1. The highest BCUT2D eigenvalue weighted by molar-refractivity contribution is 5.79. The summed E-state index contributed by atoms with van der Waals surface area (Å²) in [5.41, 5.74) is 0.658. The average molecular weight is 330 g/mol. The largest absolute Gasteiger partial charge is 0.485 e. The number of aliphatic hydroxyl groups is 1. The average Bonchev–Trinajstić information content (AvgIpc) is 2.97. The summed E-state index contributed by atoms with van der Waals surface area (Å²) in [7, 11) is 0. The molecule has 1 saturated heterocycles. The molecule has 1 fully saturated rings. The Morgan fingerprint density at radius 1 is 1.50 bits per heavy atom. The number of hydrogen-bond acceptors (Lipinski definition) is 5. The number of hydrogen-bond donors (Lipinski definition) is 1. The smallest absolute Gasteiger partial charge is 0.223 e. The fourth-order valence-corrected chi connectivity index (χ4v) is 3.59. The molecule has 2 aliphatic heterocycles. The van der Waals surface area contributed by atoms with Gasteiger partial charge in [0.15, 0.2) is 0 Å².